The first-order chi connectivity index (χ1) is 10.8. The van der Waals surface area contributed by atoms with Crippen LogP contribution in [0.15, 0.2) is 30.3 Å². The zero-order valence-electron chi connectivity index (χ0n) is 13.6. The molecule has 6 heteroatoms. The number of rotatable bonds is 8. The van der Waals surface area contributed by atoms with Gasteiger partial charge in [-0.25, -0.2) is 0 Å². The number of carboxylic acid groups (broad SMARTS) is 1. The van der Waals surface area contributed by atoms with E-state index < -0.39 is 29.8 Å². The molecule has 1 amide bonds. The Kier molecular flexibility index (Phi) is 7.25. The van der Waals surface area contributed by atoms with Crippen LogP contribution in [0.4, 0.5) is 0 Å². The summed E-state index contributed by atoms with van der Waals surface area (Å²) in [4.78, 5) is 34.9. The van der Waals surface area contributed by atoms with Crippen LogP contribution in [0.25, 0.3) is 0 Å². The molecule has 1 aromatic carbocycles. The fourth-order valence-corrected chi connectivity index (χ4v) is 1.99. The monoisotopic (exact) mass is 321 g/mol. The molecule has 0 aromatic heterocycles. The molecule has 0 heterocycles. The number of esters is 1. The molecule has 0 bridgehead atoms. The average molecular weight is 321 g/mol. The Hall–Kier alpha value is -2.37. The van der Waals surface area contributed by atoms with Crippen molar-refractivity contribution in [1.82, 2.24) is 5.32 Å². The lowest BCUT2D eigenvalue weighted by atomic mass is 9.91. The Balaban J connectivity index is 2.56. The van der Waals surface area contributed by atoms with Crippen LogP contribution in [-0.4, -0.2) is 29.0 Å². The summed E-state index contributed by atoms with van der Waals surface area (Å²) in [6.07, 6.45) is -0.0807. The number of carbonyl (C=O) groups excluding carboxylic acids is 2. The van der Waals surface area contributed by atoms with E-state index in [1.165, 1.54) is 6.92 Å². The van der Waals surface area contributed by atoms with Crippen molar-refractivity contribution in [2.45, 2.75) is 39.8 Å². The minimum absolute atomic E-state index is 0.0807. The van der Waals surface area contributed by atoms with E-state index >= 15 is 0 Å². The number of carboxylic acids is 1. The molecule has 0 fully saturated rings. The molecule has 23 heavy (non-hydrogen) atoms. The van der Waals surface area contributed by atoms with Crippen LogP contribution in [0.2, 0.25) is 0 Å². The van der Waals surface area contributed by atoms with Gasteiger partial charge in [0, 0.05) is 0 Å². The molecule has 0 radical (unpaired) electrons. The van der Waals surface area contributed by atoms with Crippen molar-refractivity contribution in [3.63, 3.8) is 0 Å². The van der Waals surface area contributed by atoms with E-state index in [0.717, 1.165) is 5.56 Å². The Morgan fingerprint density at radius 1 is 1.13 bits per heavy atom. The fourth-order valence-electron chi connectivity index (χ4n) is 1.99. The standard InChI is InChI=1S/C17H23NO5/c1-11(2)14(16(20)18-12(3)17(21)22)9-15(19)23-10-13-7-5-4-6-8-13/h4-8,11-12,14H,9-10H2,1-3H3,(H,18,20)(H,21,22)/t12-,14-/m0/s1. The van der Waals surface area contributed by atoms with Crippen LogP contribution in [0.1, 0.15) is 32.8 Å². The summed E-state index contributed by atoms with van der Waals surface area (Å²) in [6, 6.07) is 8.25. The lowest BCUT2D eigenvalue weighted by molar-refractivity contribution is -0.149. The number of hydrogen-bond donors (Lipinski definition) is 2. The quantitative estimate of drug-likeness (QED) is 0.714. The minimum Gasteiger partial charge on any atom is -0.480 e. The zero-order valence-corrected chi connectivity index (χ0v) is 13.6. The van der Waals surface area contributed by atoms with Gasteiger partial charge in [-0.05, 0) is 18.4 Å². The van der Waals surface area contributed by atoms with Gasteiger partial charge < -0.3 is 15.2 Å². The number of benzene rings is 1. The Morgan fingerprint density at radius 2 is 1.74 bits per heavy atom. The zero-order chi connectivity index (χ0) is 17.4. The average Bonchev–Trinajstić information content (AvgIpc) is 2.51. The molecule has 0 saturated carbocycles. The molecule has 0 saturated heterocycles. The minimum atomic E-state index is -1.12. The second kappa shape index (κ2) is 8.92. The van der Waals surface area contributed by atoms with Crippen LogP contribution in [0.3, 0.4) is 0 Å². The van der Waals surface area contributed by atoms with Gasteiger partial charge in [-0.1, -0.05) is 44.2 Å². The Labute approximate surface area is 135 Å². The Morgan fingerprint density at radius 3 is 2.26 bits per heavy atom. The van der Waals surface area contributed by atoms with Gasteiger partial charge in [0.1, 0.15) is 12.6 Å². The van der Waals surface area contributed by atoms with E-state index in [1.807, 2.05) is 30.3 Å². The van der Waals surface area contributed by atoms with Crippen LogP contribution < -0.4 is 5.32 Å². The van der Waals surface area contributed by atoms with Crippen molar-refractivity contribution in [2.75, 3.05) is 0 Å². The first-order valence-electron chi connectivity index (χ1n) is 7.54. The summed E-state index contributed by atoms with van der Waals surface area (Å²) < 4.78 is 5.18. The van der Waals surface area contributed by atoms with Gasteiger partial charge in [0.05, 0.1) is 12.3 Å². The molecule has 0 spiro atoms. The van der Waals surface area contributed by atoms with Crippen LogP contribution in [0, 0.1) is 11.8 Å². The van der Waals surface area contributed by atoms with E-state index in [2.05, 4.69) is 5.32 Å². The first-order valence-corrected chi connectivity index (χ1v) is 7.54. The molecule has 0 aliphatic rings. The van der Waals surface area contributed by atoms with Crippen molar-refractivity contribution < 1.29 is 24.2 Å². The molecule has 2 atom stereocenters. The van der Waals surface area contributed by atoms with E-state index in [0.29, 0.717) is 0 Å². The van der Waals surface area contributed by atoms with Crippen molar-refractivity contribution >= 4 is 17.8 Å². The highest BCUT2D eigenvalue weighted by atomic mass is 16.5. The van der Waals surface area contributed by atoms with Crippen LogP contribution in [0.5, 0.6) is 0 Å². The highest BCUT2D eigenvalue weighted by Crippen LogP contribution is 2.17. The van der Waals surface area contributed by atoms with E-state index in [-0.39, 0.29) is 18.9 Å². The largest absolute Gasteiger partial charge is 0.480 e. The maximum absolute atomic E-state index is 12.1. The molecule has 1 aromatic rings. The predicted molar refractivity (Wildman–Crippen MR) is 84.4 cm³/mol. The third-order valence-corrected chi connectivity index (χ3v) is 3.50. The van der Waals surface area contributed by atoms with Gasteiger partial charge in [0.25, 0.3) is 0 Å². The van der Waals surface area contributed by atoms with E-state index in [1.54, 1.807) is 13.8 Å². The highest BCUT2D eigenvalue weighted by Gasteiger charge is 2.28. The smallest absolute Gasteiger partial charge is 0.325 e. The van der Waals surface area contributed by atoms with E-state index in [9.17, 15) is 14.4 Å². The van der Waals surface area contributed by atoms with Gasteiger partial charge in [-0.15, -0.1) is 0 Å². The van der Waals surface area contributed by atoms with E-state index in [4.69, 9.17) is 9.84 Å². The van der Waals surface area contributed by atoms with Gasteiger partial charge >= 0.3 is 11.9 Å². The maximum atomic E-state index is 12.1. The van der Waals surface area contributed by atoms with Crippen molar-refractivity contribution in [3.8, 4) is 0 Å². The third-order valence-electron chi connectivity index (χ3n) is 3.50. The van der Waals surface area contributed by atoms with Crippen LogP contribution >= 0.6 is 0 Å². The lowest BCUT2D eigenvalue weighted by Gasteiger charge is -2.21. The SMILES string of the molecule is CC(C)[C@H](CC(=O)OCc1ccccc1)C(=O)N[C@@H](C)C(=O)O. The van der Waals surface area contributed by atoms with Gasteiger partial charge in [-0.3, -0.25) is 14.4 Å². The van der Waals surface area contributed by atoms with Crippen molar-refractivity contribution in [2.24, 2.45) is 11.8 Å². The second-order valence-corrected chi connectivity index (χ2v) is 5.77. The molecule has 6 nitrogen and oxygen atoms in total. The van der Waals surface area contributed by atoms with Gasteiger partial charge in [0.15, 0.2) is 0 Å². The number of aliphatic carboxylic acids is 1. The molecule has 0 aliphatic heterocycles. The van der Waals surface area contributed by atoms with Gasteiger partial charge in [-0.2, -0.15) is 0 Å². The number of carbonyl (C=O) groups is 3. The summed E-state index contributed by atoms with van der Waals surface area (Å²) in [5.41, 5.74) is 0.867. The molecule has 0 aliphatic carbocycles. The number of ether oxygens (including phenoxy) is 1. The topological polar surface area (TPSA) is 92.7 Å². The molecular formula is C17H23NO5. The summed E-state index contributed by atoms with van der Waals surface area (Å²) in [7, 11) is 0. The summed E-state index contributed by atoms with van der Waals surface area (Å²) >= 11 is 0. The Bertz CT molecular complexity index is 541. The molecular weight excluding hydrogens is 298 g/mol. The highest BCUT2D eigenvalue weighted by molar-refractivity contribution is 5.87. The number of nitrogens with one attached hydrogen (secondary N) is 1. The first kappa shape index (κ1) is 18.7. The normalized spacial score (nSPS) is 13.2. The molecule has 2 N–H and O–H groups in total. The second-order valence-electron chi connectivity index (χ2n) is 5.77. The lowest BCUT2D eigenvalue weighted by Crippen LogP contribution is -2.43. The third kappa shape index (κ3) is 6.50. The summed E-state index contributed by atoms with van der Waals surface area (Å²) in [5, 5.41) is 11.2. The predicted octanol–water partition coefficient (Wildman–Crippen LogP) is 1.98. The molecule has 0 unspecified atom stereocenters. The molecule has 126 valence electrons. The summed E-state index contributed by atoms with van der Waals surface area (Å²) in [5.74, 6) is -2.79. The van der Waals surface area contributed by atoms with Gasteiger partial charge in [0.2, 0.25) is 5.91 Å². The maximum Gasteiger partial charge on any atom is 0.325 e. The van der Waals surface area contributed by atoms with Crippen molar-refractivity contribution in [1.29, 1.82) is 0 Å². The van der Waals surface area contributed by atoms with Crippen LogP contribution in [-0.2, 0) is 25.7 Å². The van der Waals surface area contributed by atoms with Crippen molar-refractivity contribution in [3.05, 3.63) is 35.9 Å². The molecule has 1 rings (SSSR count). The number of hydrogen-bond acceptors (Lipinski definition) is 4. The summed E-state index contributed by atoms with van der Waals surface area (Å²) in [6.45, 7) is 5.14. The number of amides is 1. The fraction of sp³-hybridized carbons (Fsp3) is 0.471.